The standard InChI is InChI=1S/C12H15N3O6/c1-2-21-10(17)6-4-8(12(19)20)13-11(18)7-3-5-9(16)15-14-7/h3,5,8H,2,4,6H2,1H3,(H,13,18)(H,15,16)(H,19,20)/t8-/m0/s1. The highest BCUT2D eigenvalue weighted by Crippen LogP contribution is 2.02. The van der Waals surface area contributed by atoms with Crippen LogP contribution >= 0.6 is 0 Å². The van der Waals surface area contributed by atoms with Gasteiger partial charge in [-0.1, -0.05) is 0 Å². The zero-order valence-electron chi connectivity index (χ0n) is 11.3. The highest BCUT2D eigenvalue weighted by atomic mass is 16.5. The van der Waals surface area contributed by atoms with E-state index < -0.39 is 29.4 Å². The van der Waals surface area contributed by atoms with Crippen molar-refractivity contribution in [1.29, 1.82) is 0 Å². The van der Waals surface area contributed by atoms with Crippen molar-refractivity contribution in [3.05, 3.63) is 28.2 Å². The number of carboxylic acids is 1. The van der Waals surface area contributed by atoms with Crippen LogP contribution in [0, 0.1) is 0 Å². The van der Waals surface area contributed by atoms with Crippen LogP contribution in [0.2, 0.25) is 0 Å². The van der Waals surface area contributed by atoms with Gasteiger partial charge in [-0.05, 0) is 19.4 Å². The molecule has 0 unspecified atom stereocenters. The van der Waals surface area contributed by atoms with E-state index in [-0.39, 0.29) is 25.1 Å². The summed E-state index contributed by atoms with van der Waals surface area (Å²) in [5.74, 6) is -2.58. The predicted octanol–water partition coefficient (Wildman–Crippen LogP) is -0.704. The lowest BCUT2D eigenvalue weighted by atomic mass is 10.1. The predicted molar refractivity (Wildman–Crippen MR) is 69.6 cm³/mol. The van der Waals surface area contributed by atoms with Crippen LogP contribution in [0.15, 0.2) is 16.9 Å². The number of ether oxygens (including phenoxy) is 1. The molecule has 1 rings (SSSR count). The topological polar surface area (TPSA) is 138 Å². The Hall–Kier alpha value is -2.71. The first-order valence-electron chi connectivity index (χ1n) is 6.19. The van der Waals surface area contributed by atoms with E-state index in [4.69, 9.17) is 5.11 Å². The number of amides is 1. The second kappa shape index (κ2) is 7.78. The first kappa shape index (κ1) is 16.3. The van der Waals surface area contributed by atoms with Gasteiger partial charge in [-0.15, -0.1) is 0 Å². The summed E-state index contributed by atoms with van der Waals surface area (Å²) in [5.41, 5.74) is -0.611. The quantitative estimate of drug-likeness (QED) is 0.565. The lowest BCUT2D eigenvalue weighted by Gasteiger charge is -2.13. The molecule has 0 radical (unpaired) electrons. The molecule has 0 spiro atoms. The van der Waals surface area contributed by atoms with E-state index in [1.807, 2.05) is 0 Å². The SMILES string of the molecule is CCOC(=O)CC[C@H](NC(=O)c1ccc(=O)[nH]n1)C(=O)O. The number of carboxylic acid groups (broad SMARTS) is 1. The molecule has 1 heterocycles. The molecule has 1 atom stereocenters. The third-order valence-electron chi connectivity index (χ3n) is 2.46. The zero-order chi connectivity index (χ0) is 15.8. The first-order valence-corrected chi connectivity index (χ1v) is 6.19. The normalized spacial score (nSPS) is 11.5. The van der Waals surface area contributed by atoms with E-state index in [2.05, 4.69) is 20.3 Å². The number of aliphatic carboxylic acids is 1. The van der Waals surface area contributed by atoms with Crippen molar-refractivity contribution in [3.63, 3.8) is 0 Å². The largest absolute Gasteiger partial charge is 0.480 e. The molecule has 0 aliphatic carbocycles. The number of rotatable bonds is 7. The molecule has 1 amide bonds. The van der Waals surface area contributed by atoms with Crippen molar-refractivity contribution in [1.82, 2.24) is 15.5 Å². The Morgan fingerprint density at radius 3 is 2.67 bits per heavy atom. The van der Waals surface area contributed by atoms with Crippen LogP contribution in [0.5, 0.6) is 0 Å². The fraction of sp³-hybridized carbons (Fsp3) is 0.417. The van der Waals surface area contributed by atoms with Crippen LogP contribution in [-0.4, -0.2) is 45.8 Å². The maximum absolute atomic E-state index is 11.8. The third-order valence-corrected chi connectivity index (χ3v) is 2.46. The molecular weight excluding hydrogens is 282 g/mol. The van der Waals surface area contributed by atoms with Crippen molar-refractivity contribution in [2.75, 3.05) is 6.61 Å². The Balaban J connectivity index is 2.63. The van der Waals surface area contributed by atoms with Gasteiger partial charge in [0, 0.05) is 12.5 Å². The summed E-state index contributed by atoms with van der Waals surface area (Å²) in [6.45, 7) is 1.83. The molecule has 0 aliphatic heterocycles. The van der Waals surface area contributed by atoms with Crippen LogP contribution in [0.4, 0.5) is 0 Å². The average Bonchev–Trinajstić information content (AvgIpc) is 2.43. The first-order chi connectivity index (χ1) is 9.93. The molecule has 0 fully saturated rings. The molecule has 0 bridgehead atoms. The molecular formula is C12H15N3O6. The number of nitrogens with one attached hydrogen (secondary N) is 2. The summed E-state index contributed by atoms with van der Waals surface area (Å²) in [6, 6.07) is 1.00. The number of esters is 1. The second-order valence-corrected chi connectivity index (χ2v) is 4.01. The molecule has 1 aromatic heterocycles. The molecule has 114 valence electrons. The van der Waals surface area contributed by atoms with Gasteiger partial charge in [0.2, 0.25) is 0 Å². The van der Waals surface area contributed by atoms with Crippen LogP contribution in [0.3, 0.4) is 0 Å². The highest BCUT2D eigenvalue weighted by Gasteiger charge is 2.22. The fourth-order valence-electron chi connectivity index (χ4n) is 1.46. The van der Waals surface area contributed by atoms with Gasteiger partial charge in [0.05, 0.1) is 6.61 Å². The van der Waals surface area contributed by atoms with Crippen LogP contribution in [-0.2, 0) is 14.3 Å². The summed E-state index contributed by atoms with van der Waals surface area (Å²) >= 11 is 0. The van der Waals surface area contributed by atoms with Gasteiger partial charge in [-0.2, -0.15) is 5.10 Å². The van der Waals surface area contributed by atoms with E-state index in [1.165, 1.54) is 6.07 Å². The molecule has 9 heteroatoms. The minimum absolute atomic E-state index is 0.108. The average molecular weight is 297 g/mol. The molecule has 0 aromatic carbocycles. The maximum atomic E-state index is 11.8. The Morgan fingerprint density at radius 2 is 2.14 bits per heavy atom. The monoisotopic (exact) mass is 297 g/mol. The zero-order valence-corrected chi connectivity index (χ0v) is 11.3. The van der Waals surface area contributed by atoms with E-state index in [0.29, 0.717) is 0 Å². The summed E-state index contributed by atoms with van der Waals surface area (Å²) in [7, 11) is 0. The minimum atomic E-state index is -1.28. The summed E-state index contributed by atoms with van der Waals surface area (Å²) in [5, 5.41) is 16.8. The number of aromatic nitrogens is 2. The van der Waals surface area contributed by atoms with Crippen LogP contribution in [0.1, 0.15) is 30.3 Å². The van der Waals surface area contributed by atoms with Crippen molar-refractivity contribution in [3.8, 4) is 0 Å². The molecule has 1 aromatic rings. The van der Waals surface area contributed by atoms with E-state index in [1.54, 1.807) is 6.92 Å². The number of nitrogens with zero attached hydrogens (tertiary/aromatic N) is 1. The molecule has 0 aliphatic rings. The summed E-state index contributed by atoms with van der Waals surface area (Å²) < 4.78 is 4.68. The molecule has 21 heavy (non-hydrogen) atoms. The summed E-state index contributed by atoms with van der Waals surface area (Å²) in [4.78, 5) is 44.8. The van der Waals surface area contributed by atoms with Crippen molar-refractivity contribution >= 4 is 17.8 Å². The summed E-state index contributed by atoms with van der Waals surface area (Å²) in [6.07, 6.45) is -0.243. The van der Waals surface area contributed by atoms with Gasteiger partial charge < -0.3 is 15.2 Å². The van der Waals surface area contributed by atoms with Gasteiger partial charge in [-0.3, -0.25) is 14.4 Å². The molecule has 0 saturated heterocycles. The number of aromatic amines is 1. The number of carbonyl (C=O) groups is 3. The Morgan fingerprint density at radius 1 is 1.43 bits per heavy atom. The molecule has 0 saturated carbocycles. The lowest BCUT2D eigenvalue weighted by Crippen LogP contribution is -2.41. The van der Waals surface area contributed by atoms with Crippen molar-refractivity contribution < 1.29 is 24.2 Å². The second-order valence-electron chi connectivity index (χ2n) is 4.01. The van der Waals surface area contributed by atoms with Crippen LogP contribution < -0.4 is 10.9 Å². The number of carbonyl (C=O) groups excluding carboxylic acids is 2. The van der Waals surface area contributed by atoms with Gasteiger partial charge in [-0.25, -0.2) is 9.89 Å². The molecule has 3 N–H and O–H groups in total. The Bertz CT molecular complexity index is 562. The number of hydrogen-bond donors (Lipinski definition) is 3. The molecule has 9 nitrogen and oxygen atoms in total. The van der Waals surface area contributed by atoms with E-state index in [0.717, 1.165) is 6.07 Å². The Labute approximate surface area is 119 Å². The fourth-order valence-corrected chi connectivity index (χ4v) is 1.46. The number of hydrogen-bond acceptors (Lipinski definition) is 6. The highest BCUT2D eigenvalue weighted by molar-refractivity contribution is 5.94. The van der Waals surface area contributed by atoms with Gasteiger partial charge in [0.25, 0.3) is 11.5 Å². The van der Waals surface area contributed by atoms with E-state index in [9.17, 15) is 19.2 Å². The third kappa shape index (κ3) is 5.43. The van der Waals surface area contributed by atoms with Crippen molar-refractivity contribution in [2.24, 2.45) is 0 Å². The van der Waals surface area contributed by atoms with E-state index >= 15 is 0 Å². The minimum Gasteiger partial charge on any atom is -0.480 e. The lowest BCUT2D eigenvalue weighted by molar-refractivity contribution is -0.144. The Kier molecular flexibility index (Phi) is 6.05. The van der Waals surface area contributed by atoms with Crippen LogP contribution in [0.25, 0.3) is 0 Å². The smallest absolute Gasteiger partial charge is 0.326 e. The van der Waals surface area contributed by atoms with Crippen molar-refractivity contribution in [2.45, 2.75) is 25.8 Å². The van der Waals surface area contributed by atoms with Gasteiger partial charge in [0.15, 0.2) is 0 Å². The van der Waals surface area contributed by atoms with Gasteiger partial charge in [0.1, 0.15) is 11.7 Å². The van der Waals surface area contributed by atoms with Gasteiger partial charge >= 0.3 is 11.9 Å². The maximum Gasteiger partial charge on any atom is 0.326 e. The number of H-pyrrole nitrogens is 1.